The van der Waals surface area contributed by atoms with Crippen LogP contribution in [0.2, 0.25) is 0 Å². The van der Waals surface area contributed by atoms with Crippen molar-refractivity contribution in [2.24, 2.45) is 11.7 Å². The normalized spacial score (nSPS) is 11.8. The Morgan fingerprint density at radius 3 is 2.56 bits per heavy atom. The van der Waals surface area contributed by atoms with Gasteiger partial charge in [-0.1, -0.05) is 19.9 Å². The molecule has 18 heavy (non-hydrogen) atoms. The van der Waals surface area contributed by atoms with Crippen LogP contribution < -0.4 is 5.73 Å². The first-order chi connectivity index (χ1) is 8.06. The van der Waals surface area contributed by atoms with E-state index in [-0.39, 0.29) is 24.2 Å². The number of aromatic nitrogens is 1. The highest BCUT2D eigenvalue weighted by Gasteiger charge is 2.22. The van der Waals surface area contributed by atoms with Crippen LogP contribution in [0.5, 0.6) is 0 Å². The van der Waals surface area contributed by atoms with Crippen molar-refractivity contribution in [2.75, 3.05) is 6.54 Å². The molecular formula is C13H22ClN3O. The van der Waals surface area contributed by atoms with Gasteiger partial charge in [-0.05, 0) is 25.0 Å². The SMILES string of the molecule is CCN(Cc1ccccn1)C(=O)[C@@H](N)C(C)C.Cl. The summed E-state index contributed by atoms with van der Waals surface area (Å²) in [6, 6.07) is 5.26. The van der Waals surface area contributed by atoms with Crippen molar-refractivity contribution in [1.29, 1.82) is 0 Å². The number of hydrogen-bond donors (Lipinski definition) is 1. The predicted octanol–water partition coefficient (Wildman–Crippen LogP) is 1.84. The first kappa shape index (κ1) is 16.9. The molecule has 1 atom stereocenters. The van der Waals surface area contributed by atoms with E-state index in [0.717, 1.165) is 5.69 Å². The minimum absolute atomic E-state index is 0. The summed E-state index contributed by atoms with van der Waals surface area (Å²) in [5, 5.41) is 0. The van der Waals surface area contributed by atoms with Gasteiger partial charge in [0.25, 0.3) is 0 Å². The number of hydrogen-bond acceptors (Lipinski definition) is 3. The summed E-state index contributed by atoms with van der Waals surface area (Å²) in [5.41, 5.74) is 6.77. The lowest BCUT2D eigenvalue weighted by atomic mass is 10.0. The molecule has 0 bridgehead atoms. The number of nitrogens with two attached hydrogens (primary N) is 1. The summed E-state index contributed by atoms with van der Waals surface area (Å²) in [6.45, 7) is 7.04. The second-order valence-corrected chi connectivity index (χ2v) is 4.44. The number of pyridine rings is 1. The third-order valence-corrected chi connectivity index (χ3v) is 2.78. The molecule has 4 nitrogen and oxygen atoms in total. The average Bonchev–Trinajstić information content (AvgIpc) is 2.35. The zero-order chi connectivity index (χ0) is 12.8. The van der Waals surface area contributed by atoms with Crippen LogP contribution in [0.1, 0.15) is 26.5 Å². The van der Waals surface area contributed by atoms with Crippen molar-refractivity contribution < 1.29 is 4.79 Å². The van der Waals surface area contributed by atoms with Crippen LogP contribution in [0.25, 0.3) is 0 Å². The summed E-state index contributed by atoms with van der Waals surface area (Å²) in [7, 11) is 0. The number of halogens is 1. The number of nitrogens with zero attached hydrogens (tertiary/aromatic N) is 2. The van der Waals surface area contributed by atoms with Gasteiger partial charge in [0.1, 0.15) is 0 Å². The molecule has 0 aliphatic rings. The highest BCUT2D eigenvalue weighted by atomic mass is 35.5. The van der Waals surface area contributed by atoms with E-state index in [1.165, 1.54) is 0 Å². The predicted molar refractivity (Wildman–Crippen MR) is 75.4 cm³/mol. The molecule has 0 aromatic carbocycles. The molecule has 0 aliphatic heterocycles. The highest BCUT2D eigenvalue weighted by molar-refractivity contribution is 5.85. The Bertz CT molecular complexity index is 357. The fourth-order valence-corrected chi connectivity index (χ4v) is 1.53. The number of carbonyl (C=O) groups is 1. The second kappa shape index (κ2) is 8.06. The van der Waals surface area contributed by atoms with E-state index >= 15 is 0 Å². The molecule has 0 unspecified atom stereocenters. The Hall–Kier alpha value is -1.13. The first-order valence-corrected chi connectivity index (χ1v) is 6.00. The number of likely N-dealkylation sites (N-methyl/N-ethyl adjacent to an activating group) is 1. The van der Waals surface area contributed by atoms with E-state index in [1.54, 1.807) is 11.1 Å². The maximum absolute atomic E-state index is 12.1. The van der Waals surface area contributed by atoms with Gasteiger partial charge in [-0.25, -0.2) is 0 Å². The molecule has 102 valence electrons. The van der Waals surface area contributed by atoms with Crippen molar-refractivity contribution in [3.05, 3.63) is 30.1 Å². The van der Waals surface area contributed by atoms with Gasteiger partial charge in [0.2, 0.25) is 5.91 Å². The topological polar surface area (TPSA) is 59.2 Å². The lowest BCUT2D eigenvalue weighted by Gasteiger charge is -2.25. The molecule has 0 fully saturated rings. The van der Waals surface area contributed by atoms with Gasteiger partial charge in [0.05, 0.1) is 18.3 Å². The molecule has 1 aromatic rings. The summed E-state index contributed by atoms with van der Waals surface area (Å²) in [5.74, 6) is 0.147. The molecule has 1 aromatic heterocycles. The molecule has 0 spiro atoms. The zero-order valence-electron chi connectivity index (χ0n) is 11.2. The first-order valence-electron chi connectivity index (χ1n) is 6.00. The van der Waals surface area contributed by atoms with Gasteiger partial charge in [0, 0.05) is 12.7 Å². The molecule has 1 heterocycles. The zero-order valence-corrected chi connectivity index (χ0v) is 12.0. The van der Waals surface area contributed by atoms with Crippen LogP contribution in [-0.4, -0.2) is 28.4 Å². The number of rotatable bonds is 5. The molecule has 2 N–H and O–H groups in total. The van der Waals surface area contributed by atoms with Gasteiger partial charge in [-0.2, -0.15) is 0 Å². The van der Waals surface area contributed by atoms with Gasteiger partial charge >= 0.3 is 0 Å². The lowest BCUT2D eigenvalue weighted by molar-refractivity contribution is -0.134. The molecule has 5 heteroatoms. The molecular weight excluding hydrogens is 250 g/mol. The van der Waals surface area contributed by atoms with Crippen molar-refractivity contribution in [1.82, 2.24) is 9.88 Å². The van der Waals surface area contributed by atoms with E-state index < -0.39 is 6.04 Å². The second-order valence-electron chi connectivity index (χ2n) is 4.44. The van der Waals surface area contributed by atoms with Crippen LogP contribution in [0.4, 0.5) is 0 Å². The third-order valence-electron chi connectivity index (χ3n) is 2.78. The quantitative estimate of drug-likeness (QED) is 0.889. The van der Waals surface area contributed by atoms with Crippen molar-refractivity contribution in [3.63, 3.8) is 0 Å². The van der Waals surface area contributed by atoms with Crippen LogP contribution in [0, 0.1) is 5.92 Å². The van der Waals surface area contributed by atoms with E-state index in [4.69, 9.17) is 5.73 Å². The average molecular weight is 272 g/mol. The molecule has 0 saturated heterocycles. The smallest absolute Gasteiger partial charge is 0.240 e. The van der Waals surface area contributed by atoms with E-state index in [1.807, 2.05) is 39.0 Å². The summed E-state index contributed by atoms with van der Waals surface area (Å²) in [4.78, 5) is 18.1. The monoisotopic (exact) mass is 271 g/mol. The van der Waals surface area contributed by atoms with Gasteiger partial charge in [-0.15, -0.1) is 12.4 Å². The lowest BCUT2D eigenvalue weighted by Crippen LogP contribution is -2.46. The Balaban J connectivity index is 0.00000289. The standard InChI is InChI=1S/C13H21N3O.ClH/c1-4-16(13(17)12(14)10(2)3)9-11-7-5-6-8-15-11;/h5-8,10,12H,4,9,14H2,1-3H3;1H/t12-;/m0./s1. The van der Waals surface area contributed by atoms with Crippen LogP contribution in [0.3, 0.4) is 0 Å². The van der Waals surface area contributed by atoms with Crippen molar-refractivity contribution in [2.45, 2.75) is 33.4 Å². The van der Waals surface area contributed by atoms with E-state index in [0.29, 0.717) is 13.1 Å². The van der Waals surface area contributed by atoms with Gasteiger partial charge in [0.15, 0.2) is 0 Å². The summed E-state index contributed by atoms with van der Waals surface area (Å²) in [6.07, 6.45) is 1.73. The van der Waals surface area contributed by atoms with Gasteiger partial charge < -0.3 is 10.6 Å². The van der Waals surface area contributed by atoms with Crippen LogP contribution >= 0.6 is 12.4 Å². The third kappa shape index (κ3) is 4.63. The minimum atomic E-state index is -0.432. The Labute approximate surface area is 115 Å². The summed E-state index contributed by atoms with van der Waals surface area (Å²) < 4.78 is 0. The molecule has 0 radical (unpaired) electrons. The molecule has 0 aliphatic carbocycles. The fourth-order valence-electron chi connectivity index (χ4n) is 1.53. The number of carbonyl (C=O) groups excluding carboxylic acids is 1. The summed E-state index contributed by atoms with van der Waals surface area (Å²) >= 11 is 0. The number of amides is 1. The van der Waals surface area contributed by atoms with Crippen molar-refractivity contribution >= 4 is 18.3 Å². The van der Waals surface area contributed by atoms with Crippen LogP contribution in [0.15, 0.2) is 24.4 Å². The van der Waals surface area contributed by atoms with Gasteiger partial charge in [-0.3, -0.25) is 9.78 Å². The Morgan fingerprint density at radius 1 is 1.44 bits per heavy atom. The van der Waals surface area contributed by atoms with Crippen LogP contribution in [-0.2, 0) is 11.3 Å². The molecule has 0 saturated carbocycles. The van der Waals surface area contributed by atoms with E-state index in [2.05, 4.69) is 4.98 Å². The highest BCUT2D eigenvalue weighted by Crippen LogP contribution is 2.07. The maximum atomic E-state index is 12.1. The maximum Gasteiger partial charge on any atom is 0.240 e. The molecule has 1 rings (SSSR count). The molecule has 1 amide bonds. The Morgan fingerprint density at radius 2 is 2.11 bits per heavy atom. The minimum Gasteiger partial charge on any atom is -0.336 e. The van der Waals surface area contributed by atoms with Crippen molar-refractivity contribution in [3.8, 4) is 0 Å². The fraction of sp³-hybridized carbons (Fsp3) is 0.538. The van der Waals surface area contributed by atoms with E-state index in [9.17, 15) is 4.79 Å². The largest absolute Gasteiger partial charge is 0.336 e. The Kier molecular flexibility index (Phi) is 7.55.